The highest BCUT2D eigenvalue weighted by Gasteiger charge is 2.20. The fourth-order valence-electron chi connectivity index (χ4n) is 4.21. The number of rotatable bonds is 24. The van der Waals surface area contributed by atoms with Gasteiger partial charge in [-0.25, -0.2) is 4.79 Å². The van der Waals surface area contributed by atoms with E-state index in [1.165, 1.54) is 64.2 Å². The Morgan fingerprint density at radius 2 is 1.00 bits per heavy atom. The smallest absolute Gasteiger partial charge is 0.326 e. The van der Waals surface area contributed by atoms with Crippen LogP contribution in [0.3, 0.4) is 0 Å². The first-order valence-corrected chi connectivity index (χ1v) is 14.5. The Bertz CT molecular complexity index is 643. The number of carboxylic acids is 2. The monoisotopic (exact) mass is 527 g/mol. The Morgan fingerprint density at radius 3 is 1.35 bits per heavy atom. The number of hydrogen-bond donors (Lipinski definition) is 3. The Hall–Kier alpha value is -2.12. The first-order valence-electron chi connectivity index (χ1n) is 14.5. The van der Waals surface area contributed by atoms with Crippen LogP contribution in [-0.2, 0) is 23.9 Å². The van der Waals surface area contributed by atoms with Crippen LogP contribution in [-0.4, -0.2) is 45.7 Å². The minimum Gasteiger partial charge on any atom is -0.481 e. The van der Waals surface area contributed by atoms with Crippen LogP contribution in [0.25, 0.3) is 0 Å². The molecule has 8 nitrogen and oxygen atoms in total. The van der Waals surface area contributed by atoms with Crippen molar-refractivity contribution in [3.05, 3.63) is 0 Å². The van der Waals surface area contributed by atoms with Gasteiger partial charge in [0.05, 0.1) is 0 Å². The van der Waals surface area contributed by atoms with E-state index in [4.69, 9.17) is 14.9 Å². The maximum Gasteiger partial charge on any atom is 0.326 e. The predicted octanol–water partition coefficient (Wildman–Crippen LogP) is 6.78. The van der Waals surface area contributed by atoms with E-state index in [2.05, 4.69) is 5.32 Å². The van der Waals surface area contributed by atoms with Crippen molar-refractivity contribution in [1.82, 2.24) is 5.32 Å². The lowest BCUT2D eigenvalue weighted by atomic mass is 10.0. The first-order chi connectivity index (χ1) is 17.5. The molecule has 0 saturated heterocycles. The summed E-state index contributed by atoms with van der Waals surface area (Å²) in [5.74, 6) is -2.68. The molecule has 1 atom stereocenters. The number of carboxylic acid groups (broad SMARTS) is 2. The van der Waals surface area contributed by atoms with Crippen LogP contribution in [0, 0.1) is 0 Å². The summed E-state index contributed by atoms with van der Waals surface area (Å²) in [6, 6.07) is -1.13. The van der Waals surface area contributed by atoms with Gasteiger partial charge >= 0.3 is 17.9 Å². The minimum atomic E-state index is -1.20. The van der Waals surface area contributed by atoms with Gasteiger partial charge in [-0.1, -0.05) is 89.9 Å². The molecule has 3 N–H and O–H groups in total. The van der Waals surface area contributed by atoms with Crippen LogP contribution in [0.2, 0.25) is 0 Å². The zero-order valence-electron chi connectivity index (χ0n) is 23.7. The molecule has 0 fully saturated rings. The molecule has 0 unspecified atom stereocenters. The molecule has 0 bridgehead atoms. The summed E-state index contributed by atoms with van der Waals surface area (Å²) >= 11 is 0. The number of unbranched alkanes of at least 4 members (excludes halogenated alkanes) is 15. The van der Waals surface area contributed by atoms with Gasteiger partial charge < -0.3 is 20.3 Å². The lowest BCUT2D eigenvalue weighted by Crippen LogP contribution is -2.41. The number of amides is 1. The highest BCUT2D eigenvalue weighted by molar-refractivity contribution is 5.83. The summed E-state index contributed by atoms with van der Waals surface area (Å²) in [5.41, 5.74) is -0.385. The minimum absolute atomic E-state index is 0.0860. The number of carbonyl (C=O) groups excluding carboxylic acids is 2. The van der Waals surface area contributed by atoms with Gasteiger partial charge in [-0.15, -0.1) is 0 Å². The third-order valence-electron chi connectivity index (χ3n) is 6.23. The van der Waals surface area contributed by atoms with Crippen LogP contribution in [0.4, 0.5) is 0 Å². The topological polar surface area (TPSA) is 130 Å². The molecule has 216 valence electrons. The largest absolute Gasteiger partial charge is 0.481 e. The van der Waals surface area contributed by atoms with Gasteiger partial charge in [0, 0.05) is 19.3 Å². The Balaban J connectivity index is 3.41. The van der Waals surface area contributed by atoms with E-state index in [9.17, 15) is 19.2 Å². The van der Waals surface area contributed by atoms with E-state index in [1.54, 1.807) is 0 Å². The first kappa shape index (κ1) is 34.9. The van der Waals surface area contributed by atoms with E-state index in [0.717, 1.165) is 38.5 Å². The van der Waals surface area contributed by atoms with E-state index < -0.39 is 18.0 Å². The molecule has 0 aromatic rings. The van der Waals surface area contributed by atoms with Crippen molar-refractivity contribution in [2.24, 2.45) is 0 Å². The summed E-state index contributed by atoms with van der Waals surface area (Å²) in [5, 5.41) is 20.2. The number of esters is 1. The van der Waals surface area contributed by atoms with Gasteiger partial charge in [0.25, 0.3) is 0 Å². The molecule has 0 rings (SSSR count). The molecule has 8 heteroatoms. The standard InChI is InChI=1S/C29H53NO7/c1-29(2,3)37-27(34)21-19-17-15-13-11-9-7-5-4-6-8-10-12-14-16-18-20-25(31)30-24(28(35)36)22-23-26(32)33/h24H,4-23H2,1-3H3,(H,30,31)(H,32,33)(H,35,36)/t24-/m0/s1. The summed E-state index contributed by atoms with van der Waals surface area (Å²) in [4.78, 5) is 45.2. The van der Waals surface area contributed by atoms with Crippen molar-refractivity contribution >= 4 is 23.8 Å². The number of hydrogen-bond acceptors (Lipinski definition) is 5. The second-order valence-corrected chi connectivity index (χ2v) is 11.1. The maximum atomic E-state index is 11.9. The molecule has 1 amide bonds. The average molecular weight is 528 g/mol. The van der Waals surface area contributed by atoms with Crippen molar-refractivity contribution in [3.63, 3.8) is 0 Å². The van der Waals surface area contributed by atoms with Crippen LogP contribution in [0.15, 0.2) is 0 Å². The molecular formula is C29H53NO7. The zero-order chi connectivity index (χ0) is 27.9. The molecule has 0 aliphatic carbocycles. The molecule has 0 aliphatic heterocycles. The lowest BCUT2D eigenvalue weighted by Gasteiger charge is -2.19. The van der Waals surface area contributed by atoms with Gasteiger partial charge in [-0.3, -0.25) is 14.4 Å². The van der Waals surface area contributed by atoms with Crippen molar-refractivity contribution in [2.45, 2.75) is 161 Å². The number of carbonyl (C=O) groups is 4. The summed E-state index contributed by atoms with van der Waals surface area (Å²) in [6.07, 6.45) is 19.0. The third kappa shape index (κ3) is 25.3. The Kier molecular flexibility index (Phi) is 20.7. The van der Waals surface area contributed by atoms with Crippen molar-refractivity contribution in [2.75, 3.05) is 0 Å². The number of aliphatic carboxylic acids is 2. The fourth-order valence-corrected chi connectivity index (χ4v) is 4.21. The molecule has 0 spiro atoms. The van der Waals surface area contributed by atoms with Gasteiger partial charge in [-0.2, -0.15) is 0 Å². The van der Waals surface area contributed by atoms with Crippen LogP contribution in [0.5, 0.6) is 0 Å². The van der Waals surface area contributed by atoms with Crippen LogP contribution in [0.1, 0.15) is 149 Å². The maximum absolute atomic E-state index is 11.9. The third-order valence-corrected chi connectivity index (χ3v) is 6.23. The summed E-state index contributed by atoms with van der Waals surface area (Å²) in [6.45, 7) is 5.70. The van der Waals surface area contributed by atoms with Crippen LogP contribution < -0.4 is 5.32 Å². The number of ether oxygens (including phenoxy) is 1. The van der Waals surface area contributed by atoms with Crippen molar-refractivity contribution < 1.29 is 34.1 Å². The SMILES string of the molecule is CC(C)(C)OC(=O)CCCCCCCCCCCCCCCCCCC(=O)N[C@@H](CCC(=O)O)C(=O)O. The zero-order valence-corrected chi connectivity index (χ0v) is 23.7. The van der Waals surface area contributed by atoms with Crippen molar-refractivity contribution in [1.29, 1.82) is 0 Å². The molecule has 37 heavy (non-hydrogen) atoms. The van der Waals surface area contributed by atoms with E-state index in [-0.39, 0.29) is 36.7 Å². The Labute approximate surface area is 224 Å². The lowest BCUT2D eigenvalue weighted by molar-refractivity contribution is -0.155. The molecule has 0 saturated carbocycles. The summed E-state index contributed by atoms with van der Waals surface area (Å²) < 4.78 is 5.32. The normalized spacial score (nSPS) is 12.2. The molecule has 0 radical (unpaired) electrons. The van der Waals surface area contributed by atoms with Crippen LogP contribution >= 0.6 is 0 Å². The fraction of sp³-hybridized carbons (Fsp3) is 0.862. The molecule has 0 aromatic carbocycles. The highest BCUT2D eigenvalue weighted by Crippen LogP contribution is 2.15. The van der Waals surface area contributed by atoms with E-state index >= 15 is 0 Å². The predicted molar refractivity (Wildman–Crippen MR) is 145 cm³/mol. The van der Waals surface area contributed by atoms with E-state index in [0.29, 0.717) is 6.42 Å². The molecule has 0 heterocycles. The van der Waals surface area contributed by atoms with Gasteiger partial charge in [0.1, 0.15) is 11.6 Å². The second-order valence-electron chi connectivity index (χ2n) is 11.1. The highest BCUT2D eigenvalue weighted by atomic mass is 16.6. The second kappa shape index (κ2) is 21.9. The Morgan fingerprint density at radius 1 is 0.622 bits per heavy atom. The van der Waals surface area contributed by atoms with Gasteiger partial charge in [0.15, 0.2) is 0 Å². The molecule has 0 aromatic heterocycles. The number of nitrogens with one attached hydrogen (secondary N) is 1. The average Bonchev–Trinajstić information content (AvgIpc) is 2.79. The quantitative estimate of drug-likeness (QED) is 0.0931. The molecular weight excluding hydrogens is 474 g/mol. The van der Waals surface area contributed by atoms with Crippen molar-refractivity contribution in [3.8, 4) is 0 Å². The van der Waals surface area contributed by atoms with Gasteiger partial charge in [-0.05, 0) is 40.0 Å². The summed E-state index contributed by atoms with van der Waals surface area (Å²) in [7, 11) is 0. The van der Waals surface area contributed by atoms with E-state index in [1.807, 2.05) is 20.8 Å². The molecule has 0 aliphatic rings. The van der Waals surface area contributed by atoms with Gasteiger partial charge in [0.2, 0.25) is 5.91 Å².